The number of rotatable bonds is 3. The third kappa shape index (κ3) is 1.38. The van der Waals surface area contributed by atoms with E-state index in [1.54, 1.807) is 0 Å². The normalized spacial score (nSPS) is 49.9. The first-order chi connectivity index (χ1) is 8.85. The molecular weight excluding hydrogens is 250 g/mol. The van der Waals surface area contributed by atoms with Crippen LogP contribution in [0.25, 0.3) is 0 Å². The minimum Gasteiger partial charge on any atom is -0.461 e. The number of carbonyl (C=O) groups excluding carboxylic acids is 1. The van der Waals surface area contributed by atoms with Crippen LogP contribution in [0.3, 0.4) is 0 Å². The first-order valence-electron chi connectivity index (χ1n) is 7.40. The highest BCUT2D eigenvalue weighted by molar-refractivity contribution is 5.76. The molecule has 0 radical (unpaired) electrons. The summed E-state index contributed by atoms with van der Waals surface area (Å²) in [5.74, 6) is -2.31. The van der Waals surface area contributed by atoms with Gasteiger partial charge in [0.05, 0.1) is 6.61 Å². The highest BCUT2D eigenvalue weighted by Gasteiger charge is 2.74. The van der Waals surface area contributed by atoms with Crippen LogP contribution in [-0.4, -0.2) is 18.5 Å². The molecule has 4 fully saturated rings. The molecule has 0 aromatic heterocycles. The fourth-order valence-corrected chi connectivity index (χ4v) is 6.17. The standard InChI is InChI=1S/C15H20F2O2/c1-13(16,17)12(18)19-8-14-4-10-2-9-3-11(7-14)15(14,5-9)6-10/h9-11H,2-8H2,1H3. The summed E-state index contributed by atoms with van der Waals surface area (Å²) >= 11 is 0. The second-order valence-corrected chi connectivity index (χ2v) is 7.62. The summed E-state index contributed by atoms with van der Waals surface area (Å²) < 4.78 is 30.8. The van der Waals surface area contributed by atoms with Crippen LogP contribution < -0.4 is 0 Å². The smallest absolute Gasteiger partial charge is 0.376 e. The monoisotopic (exact) mass is 270 g/mol. The van der Waals surface area contributed by atoms with E-state index in [0.717, 1.165) is 30.6 Å². The topological polar surface area (TPSA) is 26.3 Å². The van der Waals surface area contributed by atoms with Gasteiger partial charge in [-0.3, -0.25) is 0 Å². The Labute approximate surface area is 111 Å². The highest BCUT2D eigenvalue weighted by atomic mass is 19.3. The first kappa shape index (κ1) is 12.1. The van der Waals surface area contributed by atoms with Gasteiger partial charge >= 0.3 is 11.9 Å². The predicted molar refractivity (Wildman–Crippen MR) is 64.6 cm³/mol. The van der Waals surface area contributed by atoms with E-state index in [-0.39, 0.29) is 12.0 Å². The van der Waals surface area contributed by atoms with E-state index in [9.17, 15) is 13.6 Å². The van der Waals surface area contributed by atoms with Gasteiger partial charge in [0.1, 0.15) is 0 Å². The van der Waals surface area contributed by atoms with E-state index in [1.165, 1.54) is 25.7 Å². The van der Waals surface area contributed by atoms with Crippen molar-refractivity contribution in [2.75, 3.05) is 6.61 Å². The third-order valence-corrected chi connectivity index (χ3v) is 6.58. The Morgan fingerprint density at radius 1 is 1.21 bits per heavy atom. The Morgan fingerprint density at radius 3 is 2.68 bits per heavy atom. The molecule has 0 aliphatic heterocycles. The number of hydrogen-bond acceptors (Lipinski definition) is 2. The lowest BCUT2D eigenvalue weighted by Gasteiger charge is -2.58. The largest absolute Gasteiger partial charge is 0.461 e. The van der Waals surface area contributed by atoms with Crippen LogP contribution in [0.2, 0.25) is 0 Å². The van der Waals surface area contributed by atoms with E-state index in [2.05, 4.69) is 0 Å². The highest BCUT2D eigenvalue weighted by Crippen LogP contribution is 2.81. The molecule has 106 valence electrons. The molecular formula is C15H20F2O2. The van der Waals surface area contributed by atoms with Gasteiger partial charge in [-0.15, -0.1) is 0 Å². The Balaban J connectivity index is 1.52. The SMILES string of the molecule is CC(F)(F)C(=O)OCC12CC3CC4CC(C1)C2(C4)C3. The average Bonchev–Trinajstić information content (AvgIpc) is 2.61. The number of fused-ring (bicyclic) bond motifs is 2. The van der Waals surface area contributed by atoms with E-state index in [1.807, 2.05) is 0 Å². The van der Waals surface area contributed by atoms with Gasteiger partial charge in [0.15, 0.2) is 0 Å². The summed E-state index contributed by atoms with van der Waals surface area (Å²) in [6, 6.07) is 0. The molecule has 0 aromatic carbocycles. The van der Waals surface area contributed by atoms with Crippen molar-refractivity contribution in [3.05, 3.63) is 0 Å². The van der Waals surface area contributed by atoms with Gasteiger partial charge in [0, 0.05) is 12.3 Å². The molecule has 0 heterocycles. The molecule has 0 saturated heterocycles. The summed E-state index contributed by atoms with van der Waals surface area (Å²) in [6.07, 6.45) is 7.36. The lowest BCUT2D eigenvalue weighted by molar-refractivity contribution is -0.188. The van der Waals surface area contributed by atoms with Gasteiger partial charge in [-0.2, -0.15) is 8.78 Å². The lowest BCUT2D eigenvalue weighted by atomic mass is 9.46. The molecule has 5 atom stereocenters. The van der Waals surface area contributed by atoms with Crippen LogP contribution in [0.5, 0.6) is 0 Å². The zero-order valence-electron chi connectivity index (χ0n) is 11.3. The molecule has 2 nitrogen and oxygen atoms in total. The van der Waals surface area contributed by atoms with Gasteiger partial charge < -0.3 is 4.74 Å². The van der Waals surface area contributed by atoms with Crippen LogP contribution in [-0.2, 0) is 9.53 Å². The maximum atomic E-state index is 12.9. The molecule has 4 saturated carbocycles. The minimum absolute atomic E-state index is 0.0501. The minimum atomic E-state index is -3.36. The number of alkyl halides is 2. The summed E-state index contributed by atoms with van der Waals surface area (Å²) in [5.41, 5.74) is 0.401. The summed E-state index contributed by atoms with van der Waals surface area (Å²) in [7, 11) is 0. The molecule has 3 bridgehead atoms. The van der Waals surface area contributed by atoms with Crippen LogP contribution in [0.15, 0.2) is 0 Å². The van der Waals surface area contributed by atoms with Gasteiger partial charge in [-0.05, 0) is 61.7 Å². The van der Waals surface area contributed by atoms with Crippen molar-refractivity contribution in [1.29, 1.82) is 0 Å². The molecule has 5 unspecified atom stereocenters. The molecule has 4 rings (SSSR count). The summed E-state index contributed by atoms with van der Waals surface area (Å²) in [6.45, 7) is 0.850. The number of esters is 1. The Hall–Kier alpha value is -0.670. The first-order valence-corrected chi connectivity index (χ1v) is 7.40. The van der Waals surface area contributed by atoms with Gasteiger partial charge in [0.25, 0.3) is 0 Å². The van der Waals surface area contributed by atoms with Gasteiger partial charge in [-0.25, -0.2) is 4.79 Å². The van der Waals surface area contributed by atoms with Crippen molar-refractivity contribution in [3.63, 3.8) is 0 Å². The van der Waals surface area contributed by atoms with Crippen LogP contribution in [0.4, 0.5) is 8.78 Å². The zero-order valence-corrected chi connectivity index (χ0v) is 11.3. The molecule has 19 heavy (non-hydrogen) atoms. The number of ether oxygens (including phenoxy) is 1. The third-order valence-electron chi connectivity index (χ3n) is 6.58. The molecule has 4 aliphatic carbocycles. The zero-order chi connectivity index (χ0) is 13.5. The van der Waals surface area contributed by atoms with Crippen molar-refractivity contribution in [1.82, 2.24) is 0 Å². The Bertz CT molecular complexity index is 438. The second kappa shape index (κ2) is 3.32. The fraction of sp³-hybridized carbons (Fsp3) is 0.933. The molecule has 0 aromatic rings. The maximum absolute atomic E-state index is 12.9. The summed E-state index contributed by atoms with van der Waals surface area (Å²) in [4.78, 5) is 11.3. The number of halogens is 2. The van der Waals surface area contributed by atoms with Crippen molar-refractivity contribution in [2.45, 2.75) is 51.4 Å². The van der Waals surface area contributed by atoms with Crippen molar-refractivity contribution >= 4 is 5.97 Å². The fourth-order valence-electron chi connectivity index (χ4n) is 6.17. The maximum Gasteiger partial charge on any atom is 0.376 e. The molecule has 0 amide bonds. The molecule has 4 heteroatoms. The van der Waals surface area contributed by atoms with E-state index < -0.39 is 11.9 Å². The quantitative estimate of drug-likeness (QED) is 0.735. The average molecular weight is 270 g/mol. The van der Waals surface area contributed by atoms with E-state index in [0.29, 0.717) is 12.3 Å². The molecule has 1 spiro atoms. The molecule has 0 N–H and O–H groups in total. The van der Waals surface area contributed by atoms with Crippen molar-refractivity contribution in [2.24, 2.45) is 28.6 Å². The predicted octanol–water partition coefficient (Wildman–Crippen LogP) is 3.40. The lowest BCUT2D eigenvalue weighted by Crippen LogP contribution is -2.55. The van der Waals surface area contributed by atoms with Crippen molar-refractivity contribution < 1.29 is 18.3 Å². The van der Waals surface area contributed by atoms with Crippen molar-refractivity contribution in [3.8, 4) is 0 Å². The number of carbonyl (C=O) groups is 1. The van der Waals surface area contributed by atoms with Crippen LogP contribution >= 0.6 is 0 Å². The molecule has 4 aliphatic rings. The van der Waals surface area contributed by atoms with Crippen LogP contribution in [0.1, 0.15) is 45.4 Å². The van der Waals surface area contributed by atoms with E-state index >= 15 is 0 Å². The Morgan fingerprint density at radius 2 is 1.95 bits per heavy atom. The van der Waals surface area contributed by atoms with E-state index in [4.69, 9.17) is 4.74 Å². The second-order valence-electron chi connectivity index (χ2n) is 7.62. The number of hydrogen-bond donors (Lipinski definition) is 0. The van der Waals surface area contributed by atoms with Gasteiger partial charge in [0.2, 0.25) is 0 Å². The van der Waals surface area contributed by atoms with Gasteiger partial charge in [-0.1, -0.05) is 0 Å². The van der Waals surface area contributed by atoms with Crippen LogP contribution in [0, 0.1) is 28.6 Å². The summed E-state index contributed by atoms with van der Waals surface area (Å²) in [5, 5.41) is 0. The Kier molecular flexibility index (Phi) is 2.11.